The van der Waals surface area contributed by atoms with E-state index < -0.39 is 21.7 Å². The lowest BCUT2D eigenvalue weighted by molar-refractivity contribution is -0.146. The predicted octanol–water partition coefficient (Wildman–Crippen LogP) is 2.15. The third kappa shape index (κ3) is 3.20. The van der Waals surface area contributed by atoms with Crippen LogP contribution in [0.15, 0.2) is 23.1 Å². The normalized spacial score (nSPS) is 15.7. The number of esters is 1. The summed E-state index contributed by atoms with van der Waals surface area (Å²) in [7, 11) is -3.45. The molecule has 1 aliphatic rings. The molecule has 20 heavy (non-hydrogen) atoms. The molecule has 0 aliphatic heterocycles. The van der Waals surface area contributed by atoms with E-state index >= 15 is 0 Å². The van der Waals surface area contributed by atoms with E-state index in [4.69, 9.17) is 4.74 Å². The van der Waals surface area contributed by atoms with E-state index in [0.717, 1.165) is 24.8 Å². The summed E-state index contributed by atoms with van der Waals surface area (Å²) >= 11 is 0. The van der Waals surface area contributed by atoms with Crippen LogP contribution in [0.25, 0.3) is 0 Å². The van der Waals surface area contributed by atoms with Crippen molar-refractivity contribution in [2.75, 3.05) is 12.4 Å². The second kappa shape index (κ2) is 5.95. The molecule has 110 valence electrons. The number of rotatable bonds is 5. The zero-order chi connectivity index (χ0) is 14.8. The maximum Gasteiger partial charge on any atom is 0.309 e. The van der Waals surface area contributed by atoms with Crippen LogP contribution in [0.1, 0.15) is 31.4 Å². The largest absolute Gasteiger partial charge is 0.466 e. The minimum Gasteiger partial charge on any atom is -0.466 e. The van der Waals surface area contributed by atoms with Gasteiger partial charge in [0.15, 0.2) is 9.84 Å². The Kier molecular flexibility index (Phi) is 4.48. The van der Waals surface area contributed by atoms with Gasteiger partial charge in [-0.15, -0.1) is 0 Å². The molecule has 0 radical (unpaired) electrons. The summed E-state index contributed by atoms with van der Waals surface area (Å²) in [5.74, 6) is -1.31. The summed E-state index contributed by atoms with van der Waals surface area (Å²) in [4.78, 5) is 11.9. The van der Waals surface area contributed by atoms with Gasteiger partial charge in [-0.05, 0) is 49.4 Å². The SMILES string of the molecule is CCOC(=O)C(C)CS(=O)(=O)c1ccc2c(c1)CCC2. The molecule has 0 saturated carbocycles. The average Bonchev–Trinajstić information content (AvgIpc) is 2.85. The van der Waals surface area contributed by atoms with Crippen LogP contribution < -0.4 is 0 Å². The van der Waals surface area contributed by atoms with Gasteiger partial charge in [-0.2, -0.15) is 0 Å². The molecular formula is C15H20O4S. The van der Waals surface area contributed by atoms with Crippen LogP contribution in [-0.4, -0.2) is 26.7 Å². The van der Waals surface area contributed by atoms with Crippen LogP contribution in [0, 0.1) is 5.92 Å². The minimum absolute atomic E-state index is 0.204. The zero-order valence-electron chi connectivity index (χ0n) is 11.9. The second-order valence-electron chi connectivity index (χ2n) is 5.22. The van der Waals surface area contributed by atoms with E-state index in [9.17, 15) is 13.2 Å². The number of carbonyl (C=O) groups is 1. The van der Waals surface area contributed by atoms with E-state index in [1.54, 1.807) is 26.0 Å². The molecule has 0 amide bonds. The van der Waals surface area contributed by atoms with Gasteiger partial charge in [-0.25, -0.2) is 8.42 Å². The number of carbonyl (C=O) groups excluding carboxylic acids is 1. The Bertz CT molecular complexity index is 604. The molecule has 2 rings (SSSR count). The monoisotopic (exact) mass is 296 g/mol. The molecule has 0 saturated heterocycles. The maximum absolute atomic E-state index is 12.3. The van der Waals surface area contributed by atoms with Crippen molar-refractivity contribution in [3.63, 3.8) is 0 Å². The fourth-order valence-electron chi connectivity index (χ4n) is 2.52. The standard InChI is InChI=1S/C15H20O4S/c1-3-19-15(16)11(2)10-20(17,18)14-8-7-12-5-4-6-13(12)9-14/h7-9,11H,3-6,10H2,1-2H3. The molecule has 0 heterocycles. The first-order valence-electron chi connectivity index (χ1n) is 6.95. The lowest BCUT2D eigenvalue weighted by atomic mass is 10.1. The summed E-state index contributed by atoms with van der Waals surface area (Å²) < 4.78 is 29.5. The van der Waals surface area contributed by atoms with Crippen LogP contribution in [0.3, 0.4) is 0 Å². The molecule has 1 aromatic carbocycles. The first-order valence-corrected chi connectivity index (χ1v) is 8.60. The topological polar surface area (TPSA) is 60.4 Å². The van der Waals surface area contributed by atoms with Gasteiger partial charge in [0.05, 0.1) is 23.2 Å². The second-order valence-corrected chi connectivity index (χ2v) is 7.25. The molecule has 0 aromatic heterocycles. The lowest BCUT2D eigenvalue weighted by Gasteiger charge is -2.12. The smallest absolute Gasteiger partial charge is 0.309 e. The van der Waals surface area contributed by atoms with Gasteiger partial charge in [0.1, 0.15) is 0 Å². The highest BCUT2D eigenvalue weighted by Gasteiger charge is 2.25. The third-order valence-electron chi connectivity index (χ3n) is 3.59. The molecule has 0 fully saturated rings. The summed E-state index contributed by atoms with van der Waals surface area (Å²) in [6, 6.07) is 5.30. The zero-order valence-corrected chi connectivity index (χ0v) is 12.7. The first-order chi connectivity index (χ1) is 9.44. The molecule has 0 N–H and O–H groups in total. The Morgan fingerprint density at radius 1 is 1.30 bits per heavy atom. The van der Waals surface area contributed by atoms with Crippen molar-refractivity contribution in [3.05, 3.63) is 29.3 Å². The Balaban J connectivity index is 2.16. The molecule has 1 atom stereocenters. The van der Waals surface area contributed by atoms with E-state index in [1.165, 1.54) is 5.56 Å². The molecule has 4 nitrogen and oxygen atoms in total. The van der Waals surface area contributed by atoms with Gasteiger partial charge >= 0.3 is 5.97 Å². The van der Waals surface area contributed by atoms with Crippen molar-refractivity contribution in [1.29, 1.82) is 0 Å². The number of aryl methyl sites for hydroxylation is 2. The van der Waals surface area contributed by atoms with Crippen LogP contribution in [0.2, 0.25) is 0 Å². The van der Waals surface area contributed by atoms with Crippen molar-refractivity contribution in [2.24, 2.45) is 5.92 Å². The quantitative estimate of drug-likeness (QED) is 0.781. The lowest BCUT2D eigenvalue weighted by Crippen LogP contribution is -2.23. The third-order valence-corrected chi connectivity index (χ3v) is 5.50. The minimum atomic E-state index is -3.45. The van der Waals surface area contributed by atoms with E-state index in [-0.39, 0.29) is 12.4 Å². The summed E-state index contributed by atoms with van der Waals surface area (Å²) in [5.41, 5.74) is 2.36. The van der Waals surface area contributed by atoms with Crippen molar-refractivity contribution in [3.8, 4) is 0 Å². The van der Waals surface area contributed by atoms with E-state index in [1.807, 2.05) is 6.07 Å². The van der Waals surface area contributed by atoms with Gasteiger partial charge in [-0.1, -0.05) is 13.0 Å². The number of hydrogen-bond acceptors (Lipinski definition) is 4. The number of fused-ring (bicyclic) bond motifs is 1. The molecular weight excluding hydrogens is 276 g/mol. The Morgan fingerprint density at radius 3 is 2.70 bits per heavy atom. The fourth-order valence-corrected chi connectivity index (χ4v) is 4.10. The van der Waals surface area contributed by atoms with Crippen LogP contribution in [-0.2, 0) is 32.2 Å². The number of ether oxygens (including phenoxy) is 1. The first kappa shape index (κ1) is 15.0. The van der Waals surface area contributed by atoms with Crippen molar-refractivity contribution in [1.82, 2.24) is 0 Å². The molecule has 0 bridgehead atoms. The summed E-state index contributed by atoms with van der Waals surface area (Å²) in [6.45, 7) is 3.56. The van der Waals surface area contributed by atoms with E-state index in [0.29, 0.717) is 4.90 Å². The Morgan fingerprint density at radius 2 is 2.00 bits per heavy atom. The highest BCUT2D eigenvalue weighted by molar-refractivity contribution is 7.91. The molecule has 1 aliphatic carbocycles. The highest BCUT2D eigenvalue weighted by Crippen LogP contribution is 2.25. The molecule has 1 unspecified atom stereocenters. The van der Waals surface area contributed by atoms with Crippen molar-refractivity contribution >= 4 is 15.8 Å². The average molecular weight is 296 g/mol. The van der Waals surface area contributed by atoms with Crippen molar-refractivity contribution in [2.45, 2.75) is 38.0 Å². The van der Waals surface area contributed by atoms with Crippen LogP contribution in [0.4, 0.5) is 0 Å². The maximum atomic E-state index is 12.3. The van der Waals surface area contributed by atoms with Crippen LogP contribution >= 0.6 is 0 Å². The fraction of sp³-hybridized carbons (Fsp3) is 0.533. The molecule has 0 spiro atoms. The summed E-state index contributed by atoms with van der Waals surface area (Å²) in [6.07, 6.45) is 3.04. The van der Waals surface area contributed by atoms with Crippen molar-refractivity contribution < 1.29 is 17.9 Å². The number of benzene rings is 1. The summed E-state index contributed by atoms with van der Waals surface area (Å²) in [5, 5.41) is 0. The van der Waals surface area contributed by atoms with Gasteiger partial charge in [0, 0.05) is 0 Å². The van der Waals surface area contributed by atoms with Gasteiger partial charge in [0.2, 0.25) is 0 Å². The number of hydrogen-bond donors (Lipinski definition) is 0. The molecule has 1 aromatic rings. The van der Waals surface area contributed by atoms with Crippen LogP contribution in [0.5, 0.6) is 0 Å². The Hall–Kier alpha value is -1.36. The molecule has 5 heteroatoms. The predicted molar refractivity (Wildman–Crippen MR) is 76.3 cm³/mol. The van der Waals surface area contributed by atoms with Gasteiger partial charge < -0.3 is 4.74 Å². The van der Waals surface area contributed by atoms with E-state index in [2.05, 4.69) is 0 Å². The number of sulfone groups is 1. The Labute approximate surface area is 120 Å². The van der Waals surface area contributed by atoms with Gasteiger partial charge in [0.25, 0.3) is 0 Å². The van der Waals surface area contributed by atoms with Gasteiger partial charge in [-0.3, -0.25) is 4.79 Å². The highest BCUT2D eigenvalue weighted by atomic mass is 32.2.